The number of aromatic nitrogens is 1. The van der Waals surface area contributed by atoms with Gasteiger partial charge in [0.2, 0.25) is 0 Å². The summed E-state index contributed by atoms with van der Waals surface area (Å²) >= 11 is 0. The molecule has 38 heavy (non-hydrogen) atoms. The van der Waals surface area contributed by atoms with E-state index in [1.807, 2.05) is 52.1 Å². The van der Waals surface area contributed by atoms with Crippen LogP contribution in [0.3, 0.4) is 0 Å². The molecule has 4 rings (SSSR count). The molecule has 0 aliphatic carbocycles. The number of fused-ring (bicyclic) bond motifs is 1. The fraction of sp³-hybridized carbons (Fsp3) is 0.500. The second kappa shape index (κ2) is 11.2. The Morgan fingerprint density at radius 3 is 2.39 bits per heavy atom. The molecule has 3 aromatic rings. The first-order valence-corrected chi connectivity index (χ1v) is 16.8. The third-order valence-corrected chi connectivity index (χ3v) is 10.4. The van der Waals surface area contributed by atoms with Gasteiger partial charge in [-0.3, -0.25) is 0 Å². The summed E-state index contributed by atoms with van der Waals surface area (Å²) in [7, 11) is -5.21. The van der Waals surface area contributed by atoms with Crippen molar-refractivity contribution in [1.82, 2.24) is 3.97 Å². The van der Waals surface area contributed by atoms with E-state index in [2.05, 4.69) is 0 Å². The van der Waals surface area contributed by atoms with Crippen molar-refractivity contribution in [2.45, 2.75) is 80.9 Å². The molecular weight excluding hydrogens is 522 g/mol. The largest absolute Gasteiger partial charge is 0.390 e. The lowest BCUT2D eigenvalue weighted by Crippen LogP contribution is -2.66. The zero-order valence-electron chi connectivity index (χ0n) is 22.6. The number of nitrogens with zero attached hydrogens (tertiary/aromatic N) is 1. The number of aliphatic hydroxyl groups is 2. The second-order valence-electron chi connectivity index (χ2n) is 11.0. The van der Waals surface area contributed by atoms with Gasteiger partial charge in [-0.2, -0.15) is 0 Å². The van der Waals surface area contributed by atoms with Crippen LogP contribution < -0.4 is 0 Å². The topological polar surface area (TPSA) is 107 Å². The fourth-order valence-electron chi connectivity index (χ4n) is 4.77. The van der Waals surface area contributed by atoms with Gasteiger partial charge in [-0.05, 0) is 51.0 Å². The Morgan fingerprint density at radius 1 is 1.08 bits per heavy atom. The molecule has 2 heterocycles. The van der Waals surface area contributed by atoms with Gasteiger partial charge in [-0.25, -0.2) is 12.4 Å². The minimum absolute atomic E-state index is 0.172. The first-order valence-electron chi connectivity index (χ1n) is 12.9. The molecule has 207 valence electrons. The molecule has 1 saturated heterocycles. The monoisotopic (exact) mass is 560 g/mol. The van der Waals surface area contributed by atoms with E-state index in [4.69, 9.17) is 14.2 Å². The van der Waals surface area contributed by atoms with E-state index in [9.17, 15) is 18.6 Å². The van der Waals surface area contributed by atoms with Crippen LogP contribution >= 0.6 is 0 Å². The average Bonchev–Trinajstić information content (AvgIpc) is 3.25. The molecule has 1 aliphatic heterocycles. The van der Waals surface area contributed by atoms with E-state index in [1.165, 1.54) is 3.97 Å². The van der Waals surface area contributed by atoms with E-state index in [0.29, 0.717) is 11.9 Å². The van der Waals surface area contributed by atoms with E-state index >= 15 is 0 Å². The van der Waals surface area contributed by atoms with Crippen LogP contribution in [0.2, 0.25) is 13.1 Å². The molecule has 1 aliphatic rings. The van der Waals surface area contributed by atoms with Crippen LogP contribution in [0, 0.1) is 0 Å². The highest BCUT2D eigenvalue weighted by Crippen LogP contribution is 2.35. The van der Waals surface area contributed by atoms with Gasteiger partial charge in [-0.1, -0.05) is 49.5 Å². The number of rotatable bonds is 9. The molecule has 2 aromatic carbocycles. The van der Waals surface area contributed by atoms with E-state index in [-0.39, 0.29) is 30.1 Å². The van der Waals surface area contributed by atoms with Crippen LogP contribution in [0.25, 0.3) is 10.9 Å². The summed E-state index contributed by atoms with van der Waals surface area (Å²) in [5.41, 5.74) is -0.313. The summed E-state index contributed by atoms with van der Waals surface area (Å²) < 4.78 is 46.7. The van der Waals surface area contributed by atoms with Crippen molar-refractivity contribution in [2.24, 2.45) is 0 Å². The maximum Gasteiger partial charge on any atom is 0.268 e. The minimum atomic E-state index is -3.79. The SMILES string of the molecule is C[Si](C)[C@@]1(OCCc2cn(S(=O)(=O)c3ccccc3)c3ccccc23)O[C@H](COC(C)(C)C)C[C@H](O)[C@H]1O. The first kappa shape index (κ1) is 28.9. The number of benzene rings is 2. The summed E-state index contributed by atoms with van der Waals surface area (Å²) in [5.74, 6) is 0. The van der Waals surface area contributed by atoms with Crippen molar-refractivity contribution in [3.8, 4) is 0 Å². The van der Waals surface area contributed by atoms with E-state index in [1.54, 1.807) is 42.6 Å². The van der Waals surface area contributed by atoms with Gasteiger partial charge in [0, 0.05) is 18.0 Å². The zero-order chi connectivity index (χ0) is 27.7. The van der Waals surface area contributed by atoms with Gasteiger partial charge in [0.05, 0.1) is 41.4 Å². The Morgan fingerprint density at radius 2 is 1.74 bits per heavy atom. The molecule has 1 aromatic heterocycles. The van der Waals surface area contributed by atoms with Crippen LogP contribution in [0.5, 0.6) is 0 Å². The molecule has 8 nitrogen and oxygen atoms in total. The molecule has 1 radical (unpaired) electrons. The molecule has 4 atom stereocenters. The Kier molecular flexibility index (Phi) is 8.54. The molecule has 10 heteroatoms. The number of ether oxygens (including phenoxy) is 3. The summed E-state index contributed by atoms with van der Waals surface area (Å²) in [5, 5.41) is 22.5. The van der Waals surface area contributed by atoms with Crippen molar-refractivity contribution >= 4 is 29.7 Å². The molecular formula is C28H38NO7SSi. The summed E-state index contributed by atoms with van der Waals surface area (Å²) in [6.45, 7) is 10.3. The quantitative estimate of drug-likeness (QED) is 0.384. The lowest BCUT2D eigenvalue weighted by molar-refractivity contribution is -0.306. The smallest absolute Gasteiger partial charge is 0.268 e. The molecule has 0 bridgehead atoms. The fourth-order valence-corrected chi connectivity index (χ4v) is 7.76. The molecule has 1 fully saturated rings. The van der Waals surface area contributed by atoms with E-state index < -0.39 is 42.5 Å². The lowest BCUT2D eigenvalue weighted by Gasteiger charge is -2.48. The van der Waals surface area contributed by atoms with Gasteiger partial charge < -0.3 is 24.4 Å². The molecule has 0 saturated carbocycles. The van der Waals surface area contributed by atoms with Crippen LogP contribution in [-0.2, 0) is 30.7 Å². The van der Waals surface area contributed by atoms with Gasteiger partial charge in [0.15, 0.2) is 5.41 Å². The maximum atomic E-state index is 13.4. The molecule has 2 N–H and O–H groups in total. The Labute approximate surface area is 226 Å². The molecule has 0 spiro atoms. The summed E-state index contributed by atoms with van der Waals surface area (Å²) in [6, 6.07) is 15.7. The number of para-hydroxylation sites is 1. The number of hydrogen-bond acceptors (Lipinski definition) is 7. The molecule has 0 unspecified atom stereocenters. The normalized spacial score (nSPS) is 24.8. The van der Waals surface area contributed by atoms with Crippen molar-refractivity contribution in [3.05, 3.63) is 66.4 Å². The van der Waals surface area contributed by atoms with Crippen LogP contribution in [-0.4, -0.2) is 73.9 Å². The maximum absolute atomic E-state index is 13.4. The predicted molar refractivity (Wildman–Crippen MR) is 148 cm³/mol. The van der Waals surface area contributed by atoms with Gasteiger partial charge >= 0.3 is 0 Å². The third kappa shape index (κ3) is 5.91. The lowest BCUT2D eigenvalue weighted by atomic mass is 10.0. The highest BCUT2D eigenvalue weighted by atomic mass is 32.2. The summed E-state index contributed by atoms with van der Waals surface area (Å²) in [6.07, 6.45) is -0.343. The Hall–Kier alpha value is -2.05. The van der Waals surface area contributed by atoms with Crippen molar-refractivity contribution in [3.63, 3.8) is 0 Å². The second-order valence-corrected chi connectivity index (χ2v) is 15.5. The van der Waals surface area contributed by atoms with Crippen LogP contribution in [0.4, 0.5) is 0 Å². The predicted octanol–water partition coefficient (Wildman–Crippen LogP) is 3.75. The highest BCUT2D eigenvalue weighted by molar-refractivity contribution is 7.90. The highest BCUT2D eigenvalue weighted by Gasteiger charge is 2.53. The average molecular weight is 561 g/mol. The first-order chi connectivity index (χ1) is 17.8. The Bertz CT molecular complexity index is 1340. The standard InChI is InChI=1S/C28H38NO7SSi/c1-27(2,3)35-19-21-17-25(30)26(31)28(36-21,38(4)5)34-16-15-20-18-29(24-14-10-9-13-23(20)24)37(32,33)22-11-7-6-8-12-22/h6-14,18,21,25-26,30-31H,15-17,19H2,1-5H3/t21-,25-,26+,28-/m0/s1. The van der Waals surface area contributed by atoms with Crippen LogP contribution in [0.1, 0.15) is 32.8 Å². The zero-order valence-corrected chi connectivity index (χ0v) is 24.4. The van der Waals surface area contributed by atoms with Gasteiger partial charge in [0.25, 0.3) is 10.0 Å². The minimum Gasteiger partial charge on any atom is -0.390 e. The van der Waals surface area contributed by atoms with Crippen molar-refractivity contribution in [1.29, 1.82) is 0 Å². The van der Waals surface area contributed by atoms with Crippen LogP contribution in [0.15, 0.2) is 65.7 Å². The Balaban J connectivity index is 1.58. The summed E-state index contributed by atoms with van der Waals surface area (Å²) in [4.78, 5) is 0.211. The molecule has 0 amide bonds. The van der Waals surface area contributed by atoms with Crippen molar-refractivity contribution < 1.29 is 32.8 Å². The third-order valence-electron chi connectivity index (χ3n) is 6.75. The van der Waals surface area contributed by atoms with Gasteiger partial charge in [0.1, 0.15) is 14.9 Å². The van der Waals surface area contributed by atoms with Crippen molar-refractivity contribution in [2.75, 3.05) is 13.2 Å². The number of aliphatic hydroxyl groups excluding tert-OH is 2. The van der Waals surface area contributed by atoms with E-state index in [0.717, 1.165) is 10.9 Å². The number of hydrogen-bond donors (Lipinski definition) is 2. The van der Waals surface area contributed by atoms with Gasteiger partial charge in [-0.15, -0.1) is 0 Å².